The van der Waals surface area contributed by atoms with E-state index in [0.717, 1.165) is 0 Å². The molecule has 1 N–H and O–H groups in total. The number of hydrogen-bond acceptors (Lipinski definition) is 3. The molecule has 0 aromatic rings. The van der Waals surface area contributed by atoms with E-state index < -0.39 is 11.7 Å². The third-order valence-electron chi connectivity index (χ3n) is 0.773. The Hall–Kier alpha value is -1.03. The number of hydrogen-bond donors (Lipinski definition) is 1. The molecule has 0 atom stereocenters. The van der Waals surface area contributed by atoms with Gasteiger partial charge in [0.1, 0.15) is 6.61 Å². The average Bonchev–Trinajstić information content (AvgIpc) is 1.95. The van der Waals surface area contributed by atoms with Gasteiger partial charge in [0, 0.05) is 0 Å². The molecule has 0 aliphatic rings. The van der Waals surface area contributed by atoms with Crippen molar-refractivity contribution in [2.45, 2.75) is 26.4 Å². The van der Waals surface area contributed by atoms with Gasteiger partial charge in [-0.3, -0.25) is 4.84 Å². The Bertz CT molecular complexity index is 160. The van der Waals surface area contributed by atoms with Crippen LogP contribution in [0.2, 0.25) is 0 Å². The summed E-state index contributed by atoms with van der Waals surface area (Å²) in [6, 6.07) is 0. The van der Waals surface area contributed by atoms with Gasteiger partial charge in [-0.1, -0.05) is 12.7 Å². The molecule has 0 aliphatic heterocycles. The molecule has 0 bridgehead atoms. The molecule has 4 nitrogen and oxygen atoms in total. The molecule has 12 heavy (non-hydrogen) atoms. The first-order valence-corrected chi connectivity index (χ1v) is 3.67. The van der Waals surface area contributed by atoms with Crippen molar-refractivity contribution >= 4 is 6.09 Å². The maximum absolute atomic E-state index is 10.7. The Balaban J connectivity index is 3.51. The molecule has 0 aromatic carbocycles. The van der Waals surface area contributed by atoms with Gasteiger partial charge < -0.3 is 4.74 Å². The SMILES string of the molecule is C=CCOC(=O)NOC(C)(C)C. The summed E-state index contributed by atoms with van der Waals surface area (Å²) in [6.07, 6.45) is 0.876. The molecule has 0 aromatic heterocycles. The van der Waals surface area contributed by atoms with E-state index in [2.05, 4.69) is 16.8 Å². The van der Waals surface area contributed by atoms with Crippen molar-refractivity contribution < 1.29 is 14.4 Å². The Morgan fingerprint density at radius 2 is 2.17 bits per heavy atom. The highest BCUT2D eigenvalue weighted by Crippen LogP contribution is 2.03. The first-order valence-electron chi connectivity index (χ1n) is 3.67. The summed E-state index contributed by atoms with van der Waals surface area (Å²) >= 11 is 0. The van der Waals surface area contributed by atoms with E-state index in [1.54, 1.807) is 0 Å². The van der Waals surface area contributed by atoms with Crippen molar-refractivity contribution in [1.82, 2.24) is 5.48 Å². The summed E-state index contributed by atoms with van der Waals surface area (Å²) in [5.41, 5.74) is 1.74. The van der Waals surface area contributed by atoms with Gasteiger partial charge >= 0.3 is 6.09 Å². The Morgan fingerprint density at radius 1 is 1.58 bits per heavy atom. The smallest absolute Gasteiger partial charge is 0.431 e. The number of nitrogens with one attached hydrogen (secondary N) is 1. The number of hydroxylamine groups is 1. The lowest BCUT2D eigenvalue weighted by atomic mass is 10.2. The van der Waals surface area contributed by atoms with Gasteiger partial charge in [0.05, 0.1) is 5.60 Å². The van der Waals surface area contributed by atoms with E-state index in [0.29, 0.717) is 0 Å². The van der Waals surface area contributed by atoms with Gasteiger partial charge in [-0.25, -0.2) is 4.79 Å². The maximum atomic E-state index is 10.7. The quantitative estimate of drug-likeness (QED) is 0.521. The number of amides is 1. The number of carbonyl (C=O) groups is 1. The van der Waals surface area contributed by atoms with Crippen molar-refractivity contribution in [2.75, 3.05) is 6.61 Å². The molecule has 0 spiro atoms. The van der Waals surface area contributed by atoms with Crippen LogP contribution in [0, 0.1) is 0 Å². The number of rotatable bonds is 3. The fourth-order valence-corrected chi connectivity index (χ4v) is 0.359. The molecule has 0 aliphatic carbocycles. The van der Waals surface area contributed by atoms with E-state index in [1.165, 1.54) is 6.08 Å². The maximum Gasteiger partial charge on any atom is 0.431 e. The summed E-state index contributed by atoms with van der Waals surface area (Å²) < 4.78 is 4.59. The minimum atomic E-state index is -0.607. The topological polar surface area (TPSA) is 47.6 Å². The van der Waals surface area contributed by atoms with E-state index in [1.807, 2.05) is 20.8 Å². The molecule has 4 heteroatoms. The minimum absolute atomic E-state index is 0.180. The zero-order chi connectivity index (χ0) is 9.61. The fraction of sp³-hybridized carbons (Fsp3) is 0.625. The zero-order valence-corrected chi connectivity index (χ0v) is 7.72. The van der Waals surface area contributed by atoms with Crippen LogP contribution in [-0.4, -0.2) is 18.3 Å². The van der Waals surface area contributed by atoms with E-state index in [-0.39, 0.29) is 6.61 Å². The molecular weight excluding hydrogens is 158 g/mol. The van der Waals surface area contributed by atoms with E-state index in [9.17, 15) is 4.79 Å². The largest absolute Gasteiger partial charge is 0.444 e. The molecule has 0 radical (unpaired) electrons. The molecule has 0 saturated heterocycles. The van der Waals surface area contributed by atoms with Gasteiger partial charge in [-0.15, -0.1) is 0 Å². The average molecular weight is 173 g/mol. The van der Waals surface area contributed by atoms with Crippen LogP contribution in [0.5, 0.6) is 0 Å². The van der Waals surface area contributed by atoms with Crippen LogP contribution in [0.15, 0.2) is 12.7 Å². The molecule has 0 heterocycles. The first-order chi connectivity index (χ1) is 5.45. The minimum Gasteiger partial charge on any atom is -0.444 e. The van der Waals surface area contributed by atoms with Crippen molar-refractivity contribution in [1.29, 1.82) is 0 Å². The highest BCUT2D eigenvalue weighted by molar-refractivity contribution is 5.65. The van der Waals surface area contributed by atoms with Crippen molar-refractivity contribution in [3.8, 4) is 0 Å². The third-order valence-corrected chi connectivity index (χ3v) is 0.773. The first kappa shape index (κ1) is 11.0. The summed E-state index contributed by atoms with van der Waals surface area (Å²) in [7, 11) is 0. The lowest BCUT2D eigenvalue weighted by Crippen LogP contribution is -2.33. The van der Waals surface area contributed by atoms with Gasteiger partial charge in [-0.05, 0) is 20.8 Å². The van der Waals surface area contributed by atoms with Gasteiger partial charge in [0.2, 0.25) is 0 Å². The van der Waals surface area contributed by atoms with Crippen molar-refractivity contribution in [3.63, 3.8) is 0 Å². The predicted octanol–water partition coefficient (Wildman–Crippen LogP) is 1.63. The summed E-state index contributed by atoms with van der Waals surface area (Å²) in [6.45, 7) is 9.04. The van der Waals surface area contributed by atoms with Gasteiger partial charge in [0.25, 0.3) is 0 Å². The van der Waals surface area contributed by atoms with Crippen LogP contribution in [0.1, 0.15) is 20.8 Å². The highest BCUT2D eigenvalue weighted by Gasteiger charge is 2.12. The summed E-state index contributed by atoms with van der Waals surface area (Å²) in [4.78, 5) is 15.7. The van der Waals surface area contributed by atoms with Gasteiger partial charge in [-0.2, -0.15) is 5.48 Å². The van der Waals surface area contributed by atoms with Crippen LogP contribution >= 0.6 is 0 Å². The van der Waals surface area contributed by atoms with Crippen LogP contribution < -0.4 is 5.48 Å². The van der Waals surface area contributed by atoms with Crippen molar-refractivity contribution in [3.05, 3.63) is 12.7 Å². The second-order valence-electron chi connectivity index (χ2n) is 3.20. The van der Waals surface area contributed by atoms with E-state index >= 15 is 0 Å². The Morgan fingerprint density at radius 3 is 2.58 bits per heavy atom. The molecule has 0 unspecified atom stereocenters. The Labute approximate surface area is 72.5 Å². The van der Waals surface area contributed by atoms with E-state index in [4.69, 9.17) is 4.84 Å². The molecule has 0 fully saturated rings. The monoisotopic (exact) mass is 173 g/mol. The summed E-state index contributed by atoms with van der Waals surface area (Å²) in [5.74, 6) is 0. The predicted molar refractivity (Wildman–Crippen MR) is 45.5 cm³/mol. The lowest BCUT2D eigenvalue weighted by molar-refractivity contribution is -0.0651. The second kappa shape index (κ2) is 4.77. The van der Waals surface area contributed by atoms with Crippen LogP contribution in [0.3, 0.4) is 0 Å². The molecule has 0 rings (SSSR count). The van der Waals surface area contributed by atoms with Crippen molar-refractivity contribution in [2.24, 2.45) is 0 Å². The fourth-order valence-electron chi connectivity index (χ4n) is 0.359. The molecule has 1 amide bonds. The molecule has 0 saturated carbocycles. The summed E-state index contributed by atoms with van der Waals surface area (Å²) in [5, 5.41) is 0. The second-order valence-corrected chi connectivity index (χ2v) is 3.20. The van der Waals surface area contributed by atoms with Gasteiger partial charge in [0.15, 0.2) is 0 Å². The lowest BCUT2D eigenvalue weighted by Gasteiger charge is -2.18. The van der Waals surface area contributed by atoms with Crippen LogP contribution in [0.25, 0.3) is 0 Å². The normalized spacial score (nSPS) is 10.6. The Kier molecular flexibility index (Phi) is 4.36. The van der Waals surface area contributed by atoms with Crippen LogP contribution in [-0.2, 0) is 9.57 Å². The standard InChI is InChI=1S/C8H15NO3/c1-5-6-11-7(10)9-12-8(2,3)4/h5H,1,6H2,2-4H3,(H,9,10). The highest BCUT2D eigenvalue weighted by atomic mass is 16.7. The zero-order valence-electron chi connectivity index (χ0n) is 7.72. The number of ether oxygens (including phenoxy) is 1. The third kappa shape index (κ3) is 7.08. The molecular formula is C8H15NO3. The van der Waals surface area contributed by atoms with Crippen LogP contribution in [0.4, 0.5) is 4.79 Å². The number of carbonyl (C=O) groups excluding carboxylic acids is 1. The molecule has 70 valence electrons.